The SMILES string of the molecule is C=CC(C)(CNC1CC1)CC1CCCC(F)(F)C1. The van der Waals surface area contributed by atoms with E-state index in [1.54, 1.807) is 0 Å². The van der Waals surface area contributed by atoms with Crippen LogP contribution in [-0.4, -0.2) is 18.5 Å². The predicted octanol–water partition coefficient (Wildman–Crippen LogP) is 4.15. The number of rotatable bonds is 6. The molecular formula is C15H25F2N. The van der Waals surface area contributed by atoms with E-state index in [0.29, 0.717) is 12.5 Å². The van der Waals surface area contributed by atoms with Crippen molar-refractivity contribution in [2.45, 2.75) is 63.8 Å². The summed E-state index contributed by atoms with van der Waals surface area (Å²) in [6, 6.07) is 0.664. The van der Waals surface area contributed by atoms with Crippen LogP contribution in [0.2, 0.25) is 0 Å². The first-order chi connectivity index (χ1) is 8.42. The van der Waals surface area contributed by atoms with E-state index in [-0.39, 0.29) is 24.2 Å². The van der Waals surface area contributed by atoms with Gasteiger partial charge in [-0.1, -0.05) is 13.0 Å². The summed E-state index contributed by atoms with van der Waals surface area (Å²) in [4.78, 5) is 0. The fourth-order valence-electron chi connectivity index (χ4n) is 3.00. The summed E-state index contributed by atoms with van der Waals surface area (Å²) < 4.78 is 26.8. The molecule has 18 heavy (non-hydrogen) atoms. The lowest BCUT2D eigenvalue weighted by molar-refractivity contribution is -0.0572. The zero-order chi connectivity index (χ0) is 13.2. The van der Waals surface area contributed by atoms with Crippen LogP contribution in [0.4, 0.5) is 8.78 Å². The third-order valence-electron chi connectivity index (χ3n) is 4.36. The molecule has 2 fully saturated rings. The lowest BCUT2D eigenvalue weighted by Gasteiger charge is -2.35. The van der Waals surface area contributed by atoms with Crippen LogP contribution in [0.3, 0.4) is 0 Å². The summed E-state index contributed by atoms with van der Waals surface area (Å²) in [5, 5.41) is 3.50. The molecule has 0 aromatic heterocycles. The number of hydrogen-bond donors (Lipinski definition) is 1. The Morgan fingerprint density at radius 1 is 1.39 bits per heavy atom. The van der Waals surface area contributed by atoms with Crippen molar-refractivity contribution >= 4 is 0 Å². The summed E-state index contributed by atoms with van der Waals surface area (Å²) in [6.45, 7) is 6.92. The van der Waals surface area contributed by atoms with Crippen LogP contribution >= 0.6 is 0 Å². The molecule has 104 valence electrons. The van der Waals surface area contributed by atoms with E-state index >= 15 is 0 Å². The van der Waals surface area contributed by atoms with E-state index in [1.807, 2.05) is 6.08 Å². The molecule has 0 saturated heterocycles. The molecule has 0 aromatic rings. The Bertz CT molecular complexity index is 299. The molecule has 2 aliphatic carbocycles. The molecule has 1 N–H and O–H groups in total. The van der Waals surface area contributed by atoms with Crippen molar-refractivity contribution in [3.8, 4) is 0 Å². The first-order valence-electron chi connectivity index (χ1n) is 7.17. The van der Waals surface area contributed by atoms with E-state index in [4.69, 9.17) is 0 Å². The Labute approximate surface area is 109 Å². The normalized spacial score (nSPS) is 30.7. The van der Waals surface area contributed by atoms with E-state index in [0.717, 1.165) is 19.4 Å². The van der Waals surface area contributed by atoms with Gasteiger partial charge in [0.1, 0.15) is 0 Å². The number of alkyl halides is 2. The lowest BCUT2D eigenvalue weighted by Crippen LogP contribution is -2.35. The maximum atomic E-state index is 13.4. The number of halogens is 2. The van der Waals surface area contributed by atoms with Gasteiger partial charge >= 0.3 is 0 Å². The quantitative estimate of drug-likeness (QED) is 0.705. The van der Waals surface area contributed by atoms with Gasteiger partial charge < -0.3 is 5.32 Å². The van der Waals surface area contributed by atoms with Gasteiger partial charge in [-0.15, -0.1) is 6.58 Å². The van der Waals surface area contributed by atoms with Gasteiger partial charge in [0, 0.05) is 25.4 Å². The van der Waals surface area contributed by atoms with E-state index in [1.165, 1.54) is 12.8 Å². The second-order valence-electron chi connectivity index (χ2n) is 6.54. The first kappa shape index (κ1) is 14.0. The van der Waals surface area contributed by atoms with Gasteiger partial charge in [-0.3, -0.25) is 0 Å². The standard InChI is InChI=1S/C15H25F2N/c1-3-14(2,11-18-13-6-7-13)9-12-5-4-8-15(16,17)10-12/h3,12-13,18H,1,4-11H2,2H3. The minimum absolute atomic E-state index is 0.0410. The van der Waals surface area contributed by atoms with Crippen LogP contribution in [0, 0.1) is 11.3 Å². The van der Waals surface area contributed by atoms with Crippen molar-refractivity contribution < 1.29 is 8.78 Å². The van der Waals surface area contributed by atoms with Gasteiger partial charge in [-0.2, -0.15) is 0 Å². The molecular weight excluding hydrogens is 232 g/mol. The molecule has 2 unspecified atom stereocenters. The van der Waals surface area contributed by atoms with Crippen LogP contribution < -0.4 is 5.32 Å². The van der Waals surface area contributed by atoms with E-state index in [9.17, 15) is 8.78 Å². The molecule has 0 aromatic carbocycles. The zero-order valence-corrected chi connectivity index (χ0v) is 11.4. The summed E-state index contributed by atoms with van der Waals surface area (Å²) in [5.74, 6) is -2.28. The Hall–Kier alpha value is -0.440. The molecule has 0 amide bonds. The average Bonchev–Trinajstić information content (AvgIpc) is 3.09. The van der Waals surface area contributed by atoms with Crippen molar-refractivity contribution in [2.24, 2.45) is 11.3 Å². The van der Waals surface area contributed by atoms with Crippen LogP contribution in [0.15, 0.2) is 12.7 Å². The van der Waals surface area contributed by atoms with Gasteiger partial charge in [0.05, 0.1) is 0 Å². The number of nitrogens with one attached hydrogen (secondary N) is 1. The molecule has 2 atom stereocenters. The highest BCUT2D eigenvalue weighted by molar-refractivity contribution is 4.97. The van der Waals surface area contributed by atoms with Gasteiger partial charge in [-0.05, 0) is 43.4 Å². The fourth-order valence-corrected chi connectivity index (χ4v) is 3.00. The first-order valence-corrected chi connectivity index (χ1v) is 7.17. The maximum Gasteiger partial charge on any atom is 0.248 e. The van der Waals surface area contributed by atoms with E-state index < -0.39 is 5.92 Å². The average molecular weight is 257 g/mol. The molecule has 0 heterocycles. The van der Waals surface area contributed by atoms with Crippen LogP contribution in [-0.2, 0) is 0 Å². The highest BCUT2D eigenvalue weighted by atomic mass is 19.3. The lowest BCUT2D eigenvalue weighted by atomic mass is 9.74. The van der Waals surface area contributed by atoms with Crippen molar-refractivity contribution in [1.82, 2.24) is 5.32 Å². The largest absolute Gasteiger partial charge is 0.313 e. The number of hydrogen-bond acceptors (Lipinski definition) is 1. The molecule has 0 aliphatic heterocycles. The van der Waals surface area contributed by atoms with E-state index in [2.05, 4.69) is 18.8 Å². The Morgan fingerprint density at radius 2 is 2.11 bits per heavy atom. The Balaban J connectivity index is 1.85. The van der Waals surface area contributed by atoms with Crippen molar-refractivity contribution in [3.63, 3.8) is 0 Å². The van der Waals surface area contributed by atoms with Crippen molar-refractivity contribution in [2.75, 3.05) is 6.54 Å². The summed E-state index contributed by atoms with van der Waals surface area (Å²) in [7, 11) is 0. The van der Waals surface area contributed by atoms with Crippen LogP contribution in [0.5, 0.6) is 0 Å². The Morgan fingerprint density at radius 3 is 2.67 bits per heavy atom. The van der Waals surface area contributed by atoms with Crippen molar-refractivity contribution in [3.05, 3.63) is 12.7 Å². The highest BCUT2D eigenvalue weighted by Crippen LogP contribution is 2.42. The summed E-state index contributed by atoms with van der Waals surface area (Å²) >= 11 is 0. The molecule has 1 nitrogen and oxygen atoms in total. The minimum Gasteiger partial charge on any atom is -0.313 e. The van der Waals surface area contributed by atoms with Crippen molar-refractivity contribution in [1.29, 1.82) is 0 Å². The molecule has 0 radical (unpaired) electrons. The fraction of sp³-hybridized carbons (Fsp3) is 0.867. The maximum absolute atomic E-state index is 13.4. The molecule has 0 spiro atoms. The molecule has 0 bridgehead atoms. The van der Waals surface area contributed by atoms with Gasteiger partial charge in [0.2, 0.25) is 5.92 Å². The summed E-state index contributed by atoms with van der Waals surface area (Å²) in [6.07, 6.45) is 7.07. The zero-order valence-electron chi connectivity index (χ0n) is 11.4. The smallest absolute Gasteiger partial charge is 0.248 e. The van der Waals surface area contributed by atoms with Crippen LogP contribution in [0.25, 0.3) is 0 Å². The third kappa shape index (κ3) is 4.04. The topological polar surface area (TPSA) is 12.0 Å². The Kier molecular flexibility index (Phi) is 4.10. The second kappa shape index (κ2) is 5.28. The molecule has 2 aliphatic rings. The van der Waals surface area contributed by atoms with Gasteiger partial charge in [0.25, 0.3) is 0 Å². The molecule has 2 saturated carbocycles. The predicted molar refractivity (Wildman–Crippen MR) is 70.9 cm³/mol. The summed E-state index contributed by atoms with van der Waals surface area (Å²) in [5.41, 5.74) is -0.0410. The second-order valence-corrected chi connectivity index (χ2v) is 6.54. The molecule has 3 heteroatoms. The highest BCUT2D eigenvalue weighted by Gasteiger charge is 2.38. The van der Waals surface area contributed by atoms with Gasteiger partial charge in [0.15, 0.2) is 0 Å². The molecule has 2 rings (SSSR count). The monoisotopic (exact) mass is 257 g/mol. The third-order valence-corrected chi connectivity index (χ3v) is 4.36. The van der Waals surface area contributed by atoms with Gasteiger partial charge in [-0.25, -0.2) is 8.78 Å². The van der Waals surface area contributed by atoms with Crippen LogP contribution in [0.1, 0.15) is 51.9 Å². The minimum atomic E-state index is -2.44.